The predicted octanol–water partition coefficient (Wildman–Crippen LogP) is 7.09. The lowest BCUT2D eigenvalue weighted by Gasteiger charge is -2.14. The smallest absolute Gasteiger partial charge is 0.326 e. The number of aliphatic carboxylic acids is 1. The first-order chi connectivity index (χ1) is 16.6. The number of rotatable bonds is 18. The van der Waals surface area contributed by atoms with Crippen molar-refractivity contribution >= 4 is 22.8 Å². The maximum absolute atomic E-state index is 12.3. The van der Waals surface area contributed by atoms with Gasteiger partial charge in [-0.2, -0.15) is 0 Å². The number of aromatic nitrogens is 1. The van der Waals surface area contributed by atoms with Gasteiger partial charge in [-0.25, -0.2) is 4.79 Å². The van der Waals surface area contributed by atoms with E-state index in [2.05, 4.69) is 41.5 Å². The molecule has 34 heavy (non-hydrogen) atoms. The van der Waals surface area contributed by atoms with Crippen molar-refractivity contribution in [2.75, 3.05) is 0 Å². The molecule has 1 aromatic heterocycles. The van der Waals surface area contributed by atoms with E-state index in [1.807, 2.05) is 30.5 Å². The number of aromatic amines is 1. The Morgan fingerprint density at radius 1 is 0.941 bits per heavy atom. The van der Waals surface area contributed by atoms with Gasteiger partial charge in [0.25, 0.3) is 0 Å². The molecule has 2 rings (SSSR count). The number of carbonyl (C=O) groups excluding carboxylic acids is 1. The quantitative estimate of drug-likeness (QED) is 0.162. The van der Waals surface area contributed by atoms with Gasteiger partial charge >= 0.3 is 5.97 Å². The van der Waals surface area contributed by atoms with Crippen molar-refractivity contribution < 1.29 is 14.7 Å². The number of unbranched alkanes of at least 4 members (excludes halogenated alkanes) is 8. The van der Waals surface area contributed by atoms with E-state index in [-0.39, 0.29) is 12.3 Å². The Labute approximate surface area is 204 Å². The summed E-state index contributed by atoms with van der Waals surface area (Å²) in [5.74, 6) is -1.18. The lowest BCUT2D eigenvalue weighted by molar-refractivity contribution is -0.141. The van der Waals surface area contributed by atoms with Crippen LogP contribution in [0.4, 0.5) is 0 Å². The minimum absolute atomic E-state index is 0.182. The topological polar surface area (TPSA) is 82.2 Å². The molecule has 3 N–H and O–H groups in total. The van der Waals surface area contributed by atoms with Crippen LogP contribution >= 0.6 is 0 Å². The fourth-order valence-corrected chi connectivity index (χ4v) is 4.08. The van der Waals surface area contributed by atoms with Crippen LogP contribution in [-0.4, -0.2) is 28.0 Å². The van der Waals surface area contributed by atoms with E-state index in [9.17, 15) is 14.7 Å². The van der Waals surface area contributed by atoms with E-state index in [0.717, 1.165) is 55.0 Å². The SMILES string of the molecule is CCCCC/C=C\C/C=C\CCCCCCCC(=O)N[C@@H](Cc1c[nH]c2ccccc12)C(=O)O. The molecule has 0 radical (unpaired) electrons. The van der Waals surface area contributed by atoms with Crippen LogP contribution in [-0.2, 0) is 16.0 Å². The molecular weight excluding hydrogens is 424 g/mol. The van der Waals surface area contributed by atoms with E-state index in [1.165, 1.54) is 32.1 Å². The standard InChI is InChI=1S/C29H42N2O3/c1-2-3-4-5-6-7-8-9-10-11-12-13-14-15-16-21-28(32)31-27(29(33)34)22-24-23-30-26-20-18-17-19-25(24)26/h6-7,9-10,17-20,23,27,30H,2-5,8,11-16,21-22H2,1H3,(H,31,32)(H,33,34)/b7-6-,10-9-/t27-/m0/s1. The number of H-pyrrole nitrogens is 1. The summed E-state index contributed by atoms with van der Waals surface area (Å²) in [4.78, 5) is 27.1. The zero-order valence-corrected chi connectivity index (χ0v) is 20.7. The molecule has 5 heteroatoms. The Kier molecular flexibility index (Phi) is 13.5. The molecule has 2 aromatic rings. The van der Waals surface area contributed by atoms with Gasteiger partial charge in [-0.1, -0.05) is 81.5 Å². The molecule has 0 fully saturated rings. The molecule has 0 bridgehead atoms. The Bertz CT molecular complexity index is 913. The first kappa shape index (κ1) is 27.4. The monoisotopic (exact) mass is 466 g/mol. The van der Waals surface area contributed by atoms with Crippen LogP contribution in [0.25, 0.3) is 10.9 Å². The van der Waals surface area contributed by atoms with Crippen molar-refractivity contribution in [3.8, 4) is 0 Å². The molecule has 0 aliphatic rings. The number of fused-ring (bicyclic) bond motifs is 1. The summed E-state index contributed by atoms with van der Waals surface area (Å²) in [5.41, 5.74) is 1.87. The Morgan fingerprint density at radius 3 is 2.35 bits per heavy atom. The van der Waals surface area contributed by atoms with E-state index >= 15 is 0 Å². The third kappa shape index (κ3) is 10.9. The highest BCUT2D eigenvalue weighted by Gasteiger charge is 2.21. The highest BCUT2D eigenvalue weighted by molar-refractivity contribution is 5.86. The fraction of sp³-hybridized carbons (Fsp3) is 0.517. The number of nitrogens with one attached hydrogen (secondary N) is 2. The lowest BCUT2D eigenvalue weighted by atomic mass is 10.0. The first-order valence-corrected chi connectivity index (χ1v) is 13.0. The Balaban J connectivity index is 1.54. The molecule has 0 unspecified atom stereocenters. The Morgan fingerprint density at radius 2 is 1.62 bits per heavy atom. The van der Waals surface area contributed by atoms with Crippen LogP contribution in [0.15, 0.2) is 54.8 Å². The van der Waals surface area contributed by atoms with Crippen LogP contribution in [0.5, 0.6) is 0 Å². The second-order valence-electron chi connectivity index (χ2n) is 9.00. The summed E-state index contributed by atoms with van der Waals surface area (Å²) in [6.07, 6.45) is 24.0. The summed E-state index contributed by atoms with van der Waals surface area (Å²) in [6, 6.07) is 6.87. The van der Waals surface area contributed by atoms with Gasteiger partial charge in [0.05, 0.1) is 0 Å². The average molecular weight is 467 g/mol. The number of hydrogen-bond donors (Lipinski definition) is 3. The highest BCUT2D eigenvalue weighted by Crippen LogP contribution is 2.19. The summed E-state index contributed by atoms with van der Waals surface area (Å²) >= 11 is 0. The van der Waals surface area contributed by atoms with Crippen LogP contribution in [0.3, 0.4) is 0 Å². The van der Waals surface area contributed by atoms with Crippen LogP contribution in [0.1, 0.15) is 89.5 Å². The third-order valence-electron chi connectivity index (χ3n) is 6.09. The van der Waals surface area contributed by atoms with Crippen molar-refractivity contribution in [3.05, 3.63) is 60.3 Å². The molecule has 186 valence electrons. The molecule has 1 amide bonds. The van der Waals surface area contributed by atoms with Crippen molar-refractivity contribution in [3.63, 3.8) is 0 Å². The van der Waals surface area contributed by atoms with Gasteiger partial charge in [0.1, 0.15) is 6.04 Å². The molecule has 5 nitrogen and oxygen atoms in total. The summed E-state index contributed by atoms with van der Waals surface area (Å²) in [5, 5.41) is 13.3. The summed E-state index contributed by atoms with van der Waals surface area (Å²) in [7, 11) is 0. The van der Waals surface area contributed by atoms with E-state index in [1.54, 1.807) is 0 Å². The number of carboxylic acids is 1. The molecule has 0 aliphatic carbocycles. The van der Waals surface area contributed by atoms with Crippen molar-refractivity contribution in [1.82, 2.24) is 10.3 Å². The number of carboxylic acid groups (broad SMARTS) is 1. The molecule has 0 aliphatic heterocycles. The average Bonchev–Trinajstić information content (AvgIpc) is 3.24. The molecule has 1 atom stereocenters. The van der Waals surface area contributed by atoms with E-state index < -0.39 is 12.0 Å². The Hall–Kier alpha value is -2.82. The number of hydrogen-bond acceptors (Lipinski definition) is 2. The molecule has 1 heterocycles. The number of benzene rings is 1. The lowest BCUT2D eigenvalue weighted by Crippen LogP contribution is -2.42. The second kappa shape index (κ2) is 16.7. The molecular formula is C29H42N2O3. The van der Waals surface area contributed by atoms with Crippen molar-refractivity contribution in [1.29, 1.82) is 0 Å². The molecule has 0 spiro atoms. The molecule has 1 aromatic carbocycles. The van der Waals surface area contributed by atoms with Gasteiger partial charge in [-0.3, -0.25) is 4.79 Å². The highest BCUT2D eigenvalue weighted by atomic mass is 16.4. The number of para-hydroxylation sites is 1. The first-order valence-electron chi connectivity index (χ1n) is 13.0. The van der Waals surface area contributed by atoms with Crippen LogP contribution in [0.2, 0.25) is 0 Å². The zero-order chi connectivity index (χ0) is 24.4. The number of amides is 1. The zero-order valence-electron chi connectivity index (χ0n) is 20.7. The number of carbonyl (C=O) groups is 2. The van der Waals surface area contributed by atoms with E-state index in [0.29, 0.717) is 6.42 Å². The van der Waals surface area contributed by atoms with E-state index in [4.69, 9.17) is 0 Å². The fourth-order valence-electron chi connectivity index (χ4n) is 4.08. The third-order valence-corrected chi connectivity index (χ3v) is 6.09. The van der Waals surface area contributed by atoms with Gasteiger partial charge in [-0.05, 0) is 50.2 Å². The normalized spacial score (nSPS) is 12.6. The number of allylic oxidation sites excluding steroid dienone is 4. The minimum atomic E-state index is -1.00. The molecule has 0 saturated heterocycles. The van der Waals surface area contributed by atoms with Crippen molar-refractivity contribution in [2.45, 2.75) is 96.4 Å². The van der Waals surface area contributed by atoms with Gasteiger partial charge in [0.2, 0.25) is 5.91 Å². The van der Waals surface area contributed by atoms with Crippen LogP contribution in [0, 0.1) is 0 Å². The van der Waals surface area contributed by atoms with Gasteiger partial charge in [0, 0.05) is 29.9 Å². The van der Waals surface area contributed by atoms with Gasteiger partial charge in [0.15, 0.2) is 0 Å². The largest absolute Gasteiger partial charge is 0.480 e. The van der Waals surface area contributed by atoms with Crippen molar-refractivity contribution in [2.24, 2.45) is 0 Å². The summed E-state index contributed by atoms with van der Waals surface area (Å²) in [6.45, 7) is 2.23. The van der Waals surface area contributed by atoms with Gasteiger partial charge in [-0.15, -0.1) is 0 Å². The minimum Gasteiger partial charge on any atom is -0.480 e. The molecule has 0 saturated carbocycles. The maximum Gasteiger partial charge on any atom is 0.326 e. The summed E-state index contributed by atoms with van der Waals surface area (Å²) < 4.78 is 0. The maximum atomic E-state index is 12.3. The predicted molar refractivity (Wildman–Crippen MR) is 141 cm³/mol. The van der Waals surface area contributed by atoms with Gasteiger partial charge < -0.3 is 15.4 Å². The second-order valence-corrected chi connectivity index (χ2v) is 9.00. The van der Waals surface area contributed by atoms with Crippen LogP contribution < -0.4 is 5.32 Å².